The molecule has 2 amide bonds. The number of hydrogen-bond acceptors (Lipinski definition) is 3. The Hall–Kier alpha value is -0.810. The zero-order valence-electron chi connectivity index (χ0n) is 10.3. The van der Waals surface area contributed by atoms with Crippen LogP contribution in [0.3, 0.4) is 0 Å². The first-order chi connectivity index (χ1) is 7.97. The lowest BCUT2D eigenvalue weighted by Gasteiger charge is -2.27. The highest BCUT2D eigenvalue weighted by atomic mass is 35.5. The Kier molecular flexibility index (Phi) is 5.21. The summed E-state index contributed by atoms with van der Waals surface area (Å²) in [6.45, 7) is 5.82. The standard InChI is InChI=1S/C11H19ClN2O3/c1-11(2,8-12)10(16)13-7-9(15)14-3-5-17-6-4-14/h3-8H2,1-2H3,(H,13,16). The fraction of sp³-hybridized carbons (Fsp3) is 0.818. The minimum atomic E-state index is -0.646. The van der Waals surface area contributed by atoms with E-state index in [1.165, 1.54) is 0 Å². The average Bonchev–Trinajstić information content (AvgIpc) is 2.36. The maximum absolute atomic E-state index is 11.7. The van der Waals surface area contributed by atoms with Crippen LogP contribution in [-0.2, 0) is 14.3 Å². The number of carbonyl (C=O) groups excluding carboxylic acids is 2. The molecule has 1 saturated heterocycles. The number of amides is 2. The third kappa shape index (κ3) is 4.16. The van der Waals surface area contributed by atoms with Gasteiger partial charge in [0.1, 0.15) is 0 Å². The normalized spacial score (nSPS) is 16.8. The van der Waals surface area contributed by atoms with Gasteiger partial charge in [0.15, 0.2) is 0 Å². The van der Waals surface area contributed by atoms with Gasteiger partial charge in [0.05, 0.1) is 25.2 Å². The van der Waals surface area contributed by atoms with E-state index in [0.29, 0.717) is 26.3 Å². The first kappa shape index (κ1) is 14.3. The van der Waals surface area contributed by atoms with Gasteiger partial charge in [-0.05, 0) is 13.8 Å². The first-order valence-electron chi connectivity index (χ1n) is 5.67. The van der Waals surface area contributed by atoms with Gasteiger partial charge in [-0.3, -0.25) is 9.59 Å². The Morgan fingerprint density at radius 3 is 2.47 bits per heavy atom. The average molecular weight is 263 g/mol. The minimum absolute atomic E-state index is 0.0269. The van der Waals surface area contributed by atoms with E-state index in [2.05, 4.69) is 5.32 Å². The van der Waals surface area contributed by atoms with Gasteiger partial charge in [-0.1, -0.05) is 0 Å². The van der Waals surface area contributed by atoms with Crippen LogP contribution in [0.15, 0.2) is 0 Å². The number of rotatable bonds is 4. The molecule has 98 valence electrons. The second-order valence-electron chi connectivity index (χ2n) is 4.69. The Labute approximate surface area is 106 Å². The fourth-order valence-corrected chi connectivity index (χ4v) is 1.50. The molecule has 1 aliphatic rings. The molecular weight excluding hydrogens is 244 g/mol. The maximum atomic E-state index is 11.7. The second kappa shape index (κ2) is 6.21. The van der Waals surface area contributed by atoms with Gasteiger partial charge in [0.25, 0.3) is 0 Å². The van der Waals surface area contributed by atoms with Crippen LogP contribution >= 0.6 is 11.6 Å². The molecule has 0 bridgehead atoms. The van der Waals surface area contributed by atoms with Crippen LogP contribution in [0, 0.1) is 5.41 Å². The van der Waals surface area contributed by atoms with Crippen LogP contribution in [0.5, 0.6) is 0 Å². The summed E-state index contributed by atoms with van der Waals surface area (Å²) in [4.78, 5) is 25.1. The zero-order chi connectivity index (χ0) is 12.9. The maximum Gasteiger partial charge on any atom is 0.242 e. The van der Waals surface area contributed by atoms with E-state index in [9.17, 15) is 9.59 Å². The van der Waals surface area contributed by atoms with Gasteiger partial charge < -0.3 is 15.0 Å². The van der Waals surface area contributed by atoms with Gasteiger partial charge in [0.2, 0.25) is 11.8 Å². The third-order valence-corrected chi connectivity index (χ3v) is 3.38. The van der Waals surface area contributed by atoms with Crippen molar-refractivity contribution >= 4 is 23.4 Å². The molecule has 1 rings (SSSR count). The number of ether oxygens (including phenoxy) is 1. The molecule has 6 heteroatoms. The van der Waals surface area contributed by atoms with Crippen LogP contribution in [0.4, 0.5) is 0 Å². The topological polar surface area (TPSA) is 58.6 Å². The molecule has 0 aliphatic carbocycles. The number of nitrogens with zero attached hydrogens (tertiary/aromatic N) is 1. The van der Waals surface area contributed by atoms with Crippen LogP contribution < -0.4 is 5.32 Å². The lowest BCUT2D eigenvalue weighted by molar-refractivity contribution is -0.137. The molecule has 0 spiro atoms. The molecule has 5 nitrogen and oxygen atoms in total. The molecule has 0 unspecified atom stereocenters. The smallest absolute Gasteiger partial charge is 0.242 e. The molecule has 1 heterocycles. The Balaban J connectivity index is 2.35. The van der Waals surface area contributed by atoms with Crippen LogP contribution in [-0.4, -0.2) is 55.4 Å². The van der Waals surface area contributed by atoms with Crippen LogP contribution in [0.1, 0.15) is 13.8 Å². The summed E-state index contributed by atoms with van der Waals surface area (Å²) in [5.41, 5.74) is -0.646. The summed E-state index contributed by atoms with van der Waals surface area (Å²) in [6, 6.07) is 0. The van der Waals surface area contributed by atoms with Gasteiger partial charge >= 0.3 is 0 Å². The molecule has 0 atom stereocenters. The molecule has 17 heavy (non-hydrogen) atoms. The van der Waals surface area contributed by atoms with Crippen molar-refractivity contribution < 1.29 is 14.3 Å². The van der Waals surface area contributed by atoms with Crippen LogP contribution in [0.2, 0.25) is 0 Å². The van der Waals surface area contributed by atoms with Gasteiger partial charge in [-0.15, -0.1) is 11.6 Å². The molecule has 0 aromatic rings. The van der Waals surface area contributed by atoms with E-state index >= 15 is 0 Å². The Morgan fingerprint density at radius 2 is 1.94 bits per heavy atom. The van der Waals surface area contributed by atoms with Crippen LogP contribution in [0.25, 0.3) is 0 Å². The summed E-state index contributed by atoms with van der Waals surface area (Å²) in [6.07, 6.45) is 0. The molecule has 0 saturated carbocycles. The lowest BCUT2D eigenvalue weighted by Crippen LogP contribution is -2.48. The van der Waals surface area contributed by atoms with Gasteiger partial charge in [0, 0.05) is 19.0 Å². The van der Waals surface area contributed by atoms with E-state index < -0.39 is 5.41 Å². The summed E-state index contributed by atoms with van der Waals surface area (Å²) in [5, 5.41) is 2.62. The highest BCUT2D eigenvalue weighted by Gasteiger charge is 2.27. The summed E-state index contributed by atoms with van der Waals surface area (Å²) in [5.74, 6) is -0.0500. The van der Waals surface area contributed by atoms with Crippen molar-refractivity contribution in [2.45, 2.75) is 13.8 Å². The number of nitrogens with one attached hydrogen (secondary N) is 1. The molecule has 0 aromatic heterocycles. The third-order valence-electron chi connectivity index (χ3n) is 2.71. The minimum Gasteiger partial charge on any atom is -0.378 e. The zero-order valence-corrected chi connectivity index (χ0v) is 11.0. The van der Waals surface area contributed by atoms with Crippen molar-refractivity contribution in [1.82, 2.24) is 10.2 Å². The van der Waals surface area contributed by atoms with Gasteiger partial charge in [-0.25, -0.2) is 0 Å². The summed E-state index contributed by atoms with van der Waals surface area (Å²) >= 11 is 5.68. The predicted octanol–water partition coefficient (Wildman–Crippen LogP) is 0.226. The molecular formula is C11H19ClN2O3. The number of morpholine rings is 1. The highest BCUT2D eigenvalue weighted by molar-refractivity contribution is 6.19. The number of alkyl halides is 1. The quantitative estimate of drug-likeness (QED) is 0.738. The summed E-state index contributed by atoms with van der Waals surface area (Å²) in [7, 11) is 0. The summed E-state index contributed by atoms with van der Waals surface area (Å²) < 4.78 is 5.15. The molecule has 1 aliphatic heterocycles. The van der Waals surface area contributed by atoms with Crippen molar-refractivity contribution in [3.63, 3.8) is 0 Å². The Morgan fingerprint density at radius 1 is 1.35 bits per heavy atom. The van der Waals surface area contributed by atoms with Crippen molar-refractivity contribution in [3.05, 3.63) is 0 Å². The van der Waals surface area contributed by atoms with Crippen molar-refractivity contribution in [2.75, 3.05) is 38.7 Å². The number of hydrogen-bond donors (Lipinski definition) is 1. The second-order valence-corrected chi connectivity index (χ2v) is 4.96. The first-order valence-corrected chi connectivity index (χ1v) is 6.20. The van der Waals surface area contributed by atoms with Crippen molar-refractivity contribution in [2.24, 2.45) is 5.41 Å². The molecule has 1 N–H and O–H groups in total. The van der Waals surface area contributed by atoms with E-state index in [1.54, 1.807) is 18.7 Å². The highest BCUT2D eigenvalue weighted by Crippen LogP contribution is 2.16. The van der Waals surface area contributed by atoms with E-state index in [1.807, 2.05) is 0 Å². The number of halogens is 1. The predicted molar refractivity (Wildman–Crippen MR) is 64.9 cm³/mol. The van der Waals surface area contributed by atoms with Crippen molar-refractivity contribution in [1.29, 1.82) is 0 Å². The monoisotopic (exact) mass is 262 g/mol. The Bertz CT molecular complexity index is 288. The van der Waals surface area contributed by atoms with E-state index in [-0.39, 0.29) is 24.2 Å². The van der Waals surface area contributed by atoms with Gasteiger partial charge in [-0.2, -0.15) is 0 Å². The lowest BCUT2D eigenvalue weighted by atomic mass is 9.95. The van der Waals surface area contributed by atoms with E-state index in [0.717, 1.165) is 0 Å². The van der Waals surface area contributed by atoms with E-state index in [4.69, 9.17) is 16.3 Å². The SMILES string of the molecule is CC(C)(CCl)C(=O)NCC(=O)N1CCOCC1. The number of carbonyl (C=O) groups is 2. The largest absolute Gasteiger partial charge is 0.378 e. The fourth-order valence-electron chi connectivity index (χ4n) is 1.38. The molecule has 0 radical (unpaired) electrons. The molecule has 0 aromatic carbocycles. The van der Waals surface area contributed by atoms with Crippen molar-refractivity contribution in [3.8, 4) is 0 Å². The molecule has 1 fully saturated rings.